The summed E-state index contributed by atoms with van der Waals surface area (Å²) in [6.07, 6.45) is 1.09. The molecule has 7 heteroatoms. The maximum atomic E-state index is 12.1. The predicted octanol–water partition coefficient (Wildman–Crippen LogP) is 2.59. The number of anilines is 1. The zero-order valence-corrected chi connectivity index (χ0v) is 14.8. The number of halogens is 1. The van der Waals surface area contributed by atoms with Crippen LogP contribution in [0.3, 0.4) is 0 Å². The lowest BCUT2D eigenvalue weighted by atomic mass is 10.1. The third kappa shape index (κ3) is 4.99. The molecular formula is C15H15IN2O3S. The lowest BCUT2D eigenvalue weighted by Gasteiger charge is -2.11. The van der Waals surface area contributed by atoms with Gasteiger partial charge in [0.2, 0.25) is 10.0 Å². The fourth-order valence-electron chi connectivity index (χ4n) is 1.88. The van der Waals surface area contributed by atoms with Gasteiger partial charge < -0.3 is 5.32 Å². The second kappa shape index (κ2) is 7.10. The van der Waals surface area contributed by atoms with Gasteiger partial charge in [-0.1, -0.05) is 24.3 Å². The molecular weight excluding hydrogens is 415 g/mol. The largest absolute Gasteiger partial charge is 0.348 e. The van der Waals surface area contributed by atoms with Crippen molar-refractivity contribution in [2.75, 3.05) is 11.0 Å². The molecule has 0 aromatic heterocycles. The number of nitrogens with one attached hydrogen (secondary N) is 2. The van der Waals surface area contributed by atoms with E-state index < -0.39 is 10.0 Å². The van der Waals surface area contributed by atoms with E-state index in [-0.39, 0.29) is 12.5 Å². The summed E-state index contributed by atoms with van der Waals surface area (Å²) in [6.45, 7) is 0.239. The molecule has 2 aromatic carbocycles. The van der Waals surface area contributed by atoms with Gasteiger partial charge in [-0.2, -0.15) is 0 Å². The third-order valence-electron chi connectivity index (χ3n) is 2.84. The maximum Gasteiger partial charge on any atom is 0.251 e. The molecule has 116 valence electrons. The highest BCUT2D eigenvalue weighted by Crippen LogP contribution is 2.16. The van der Waals surface area contributed by atoms with Gasteiger partial charge in [0.15, 0.2) is 0 Å². The Hall–Kier alpha value is -1.61. The number of carbonyl (C=O) groups excluding carboxylic acids is 1. The van der Waals surface area contributed by atoms with E-state index >= 15 is 0 Å². The third-order valence-corrected chi connectivity index (χ3v) is 4.10. The van der Waals surface area contributed by atoms with E-state index in [9.17, 15) is 13.2 Å². The van der Waals surface area contributed by atoms with Crippen molar-refractivity contribution in [1.29, 1.82) is 0 Å². The highest BCUT2D eigenvalue weighted by atomic mass is 127. The summed E-state index contributed by atoms with van der Waals surface area (Å²) in [4.78, 5) is 12.1. The van der Waals surface area contributed by atoms with Gasteiger partial charge in [0.1, 0.15) is 0 Å². The van der Waals surface area contributed by atoms with E-state index in [4.69, 9.17) is 0 Å². The predicted molar refractivity (Wildman–Crippen MR) is 95.2 cm³/mol. The van der Waals surface area contributed by atoms with E-state index in [1.807, 2.05) is 12.1 Å². The van der Waals surface area contributed by atoms with Gasteiger partial charge in [-0.3, -0.25) is 9.52 Å². The van der Waals surface area contributed by atoms with Crippen LogP contribution in [-0.2, 0) is 16.6 Å². The van der Waals surface area contributed by atoms with Crippen LogP contribution in [0, 0.1) is 3.57 Å². The summed E-state index contributed by atoms with van der Waals surface area (Å²) < 4.78 is 26.1. The molecule has 0 aliphatic rings. The van der Waals surface area contributed by atoms with Crippen LogP contribution in [0.15, 0.2) is 48.5 Å². The number of amides is 1. The van der Waals surface area contributed by atoms with Crippen LogP contribution >= 0.6 is 22.6 Å². The molecule has 0 bridgehead atoms. The van der Waals surface area contributed by atoms with Crippen LogP contribution in [0.1, 0.15) is 15.9 Å². The lowest BCUT2D eigenvalue weighted by Crippen LogP contribution is -2.23. The standard InChI is InChI=1S/C15H15IN2O3S/c1-22(20,21)18-14-8-3-2-5-12(14)10-17-15(19)11-6-4-7-13(16)9-11/h2-9,18H,10H2,1H3,(H,17,19). The Balaban J connectivity index is 2.10. The van der Waals surface area contributed by atoms with Crippen molar-refractivity contribution in [3.8, 4) is 0 Å². The first-order valence-corrected chi connectivity index (χ1v) is 9.41. The highest BCUT2D eigenvalue weighted by molar-refractivity contribution is 14.1. The Morgan fingerprint density at radius 1 is 1.14 bits per heavy atom. The first-order valence-electron chi connectivity index (χ1n) is 6.44. The summed E-state index contributed by atoms with van der Waals surface area (Å²) >= 11 is 2.14. The van der Waals surface area contributed by atoms with Crippen molar-refractivity contribution < 1.29 is 13.2 Å². The fourth-order valence-corrected chi connectivity index (χ4v) is 3.02. The average Bonchev–Trinajstić information content (AvgIpc) is 2.44. The van der Waals surface area contributed by atoms with Gasteiger partial charge in [-0.05, 0) is 52.4 Å². The minimum absolute atomic E-state index is 0.201. The van der Waals surface area contributed by atoms with Gasteiger partial charge in [0.05, 0.1) is 11.9 Å². The van der Waals surface area contributed by atoms with Gasteiger partial charge in [-0.15, -0.1) is 0 Å². The molecule has 0 heterocycles. The van der Waals surface area contributed by atoms with E-state index in [1.165, 1.54) is 0 Å². The second-order valence-electron chi connectivity index (χ2n) is 4.72. The first kappa shape index (κ1) is 16.8. The number of rotatable bonds is 5. The Morgan fingerprint density at radius 2 is 1.86 bits per heavy atom. The van der Waals surface area contributed by atoms with E-state index in [2.05, 4.69) is 32.6 Å². The Morgan fingerprint density at radius 3 is 2.55 bits per heavy atom. The van der Waals surface area contributed by atoms with Crippen molar-refractivity contribution in [3.05, 3.63) is 63.2 Å². The van der Waals surface area contributed by atoms with Gasteiger partial charge in [0.25, 0.3) is 5.91 Å². The molecule has 0 unspecified atom stereocenters. The van der Waals surface area contributed by atoms with Crippen LogP contribution in [0.5, 0.6) is 0 Å². The van der Waals surface area contributed by atoms with Crippen molar-refractivity contribution in [2.24, 2.45) is 0 Å². The van der Waals surface area contributed by atoms with Crippen molar-refractivity contribution in [1.82, 2.24) is 5.32 Å². The lowest BCUT2D eigenvalue weighted by molar-refractivity contribution is 0.0951. The van der Waals surface area contributed by atoms with E-state index in [1.54, 1.807) is 36.4 Å². The SMILES string of the molecule is CS(=O)(=O)Nc1ccccc1CNC(=O)c1cccc(I)c1. The number of benzene rings is 2. The summed E-state index contributed by atoms with van der Waals surface area (Å²) in [7, 11) is -3.36. The zero-order valence-electron chi connectivity index (χ0n) is 11.8. The molecule has 2 N–H and O–H groups in total. The number of carbonyl (C=O) groups is 1. The number of hydrogen-bond acceptors (Lipinski definition) is 3. The fraction of sp³-hybridized carbons (Fsp3) is 0.133. The number of hydrogen-bond donors (Lipinski definition) is 2. The van der Waals surface area contributed by atoms with Crippen molar-refractivity contribution >= 4 is 44.2 Å². The molecule has 0 atom stereocenters. The molecule has 0 fully saturated rings. The Kier molecular flexibility index (Phi) is 5.41. The molecule has 0 spiro atoms. The Bertz CT molecular complexity index is 791. The average molecular weight is 430 g/mol. The van der Waals surface area contributed by atoms with Gasteiger partial charge >= 0.3 is 0 Å². The summed E-state index contributed by atoms with van der Waals surface area (Å²) in [5, 5.41) is 2.79. The number of sulfonamides is 1. The first-order chi connectivity index (χ1) is 10.3. The second-order valence-corrected chi connectivity index (χ2v) is 7.72. The smallest absolute Gasteiger partial charge is 0.251 e. The Labute approximate surface area is 143 Å². The molecule has 2 aromatic rings. The summed E-state index contributed by atoms with van der Waals surface area (Å²) in [5.74, 6) is -0.201. The topological polar surface area (TPSA) is 75.3 Å². The molecule has 0 radical (unpaired) electrons. The minimum Gasteiger partial charge on any atom is -0.348 e. The molecule has 0 saturated carbocycles. The van der Waals surface area contributed by atoms with Crippen molar-refractivity contribution in [2.45, 2.75) is 6.54 Å². The molecule has 1 amide bonds. The normalized spacial score (nSPS) is 11.0. The van der Waals surface area contributed by atoms with Crippen LogP contribution in [-0.4, -0.2) is 20.6 Å². The zero-order chi connectivity index (χ0) is 16.2. The molecule has 5 nitrogen and oxygen atoms in total. The summed E-state index contributed by atoms with van der Waals surface area (Å²) in [6, 6.07) is 14.2. The molecule has 22 heavy (non-hydrogen) atoms. The highest BCUT2D eigenvalue weighted by Gasteiger charge is 2.09. The number of para-hydroxylation sites is 1. The van der Waals surface area contributed by atoms with Crippen LogP contribution in [0.25, 0.3) is 0 Å². The van der Waals surface area contributed by atoms with E-state index in [0.717, 1.165) is 9.83 Å². The molecule has 2 rings (SSSR count). The van der Waals surface area contributed by atoms with Crippen LogP contribution in [0.4, 0.5) is 5.69 Å². The van der Waals surface area contributed by atoms with Gasteiger partial charge in [-0.25, -0.2) is 8.42 Å². The molecule has 0 aliphatic heterocycles. The molecule has 0 saturated heterocycles. The van der Waals surface area contributed by atoms with Crippen molar-refractivity contribution in [3.63, 3.8) is 0 Å². The quantitative estimate of drug-likeness (QED) is 0.717. The van der Waals surface area contributed by atoms with E-state index in [0.29, 0.717) is 16.8 Å². The molecule has 0 aliphatic carbocycles. The summed E-state index contributed by atoms with van der Waals surface area (Å²) in [5.41, 5.74) is 1.74. The monoisotopic (exact) mass is 430 g/mol. The van der Waals surface area contributed by atoms with Crippen LogP contribution < -0.4 is 10.0 Å². The minimum atomic E-state index is -3.36. The van der Waals surface area contributed by atoms with Gasteiger partial charge in [0, 0.05) is 15.7 Å². The van der Waals surface area contributed by atoms with Crippen LogP contribution in [0.2, 0.25) is 0 Å². The maximum absolute atomic E-state index is 12.1.